The minimum Gasteiger partial charge on any atom is -0.473 e. The number of hydrogen-bond acceptors (Lipinski definition) is 6. The maximum atomic E-state index is 9.10. The van der Waals surface area contributed by atoms with Gasteiger partial charge in [-0.2, -0.15) is 0 Å². The summed E-state index contributed by atoms with van der Waals surface area (Å²) in [5, 5.41) is 22.9. The second kappa shape index (κ2) is 5.58. The third-order valence-corrected chi connectivity index (χ3v) is 3.73. The average Bonchev–Trinajstić information content (AvgIpc) is 2.96. The molecule has 3 heterocycles. The number of aromatic nitrogens is 2. The van der Waals surface area contributed by atoms with Crippen LogP contribution in [0, 0.1) is 6.92 Å². The van der Waals surface area contributed by atoms with Crippen molar-refractivity contribution >= 4 is 11.9 Å². The summed E-state index contributed by atoms with van der Waals surface area (Å²) in [4.78, 5) is 20.7. The molecule has 110 valence electrons. The molecule has 2 fully saturated rings. The molecule has 0 radical (unpaired) electrons. The standard InChI is InChI=1S/C10H15N3O.C2H2O4/c1-8-11-12-9(14-8)10-3-2-5-13(7-10)6-4-10;3-1(4)2(5)6/h2-7H2,1H3;(H,3,4)(H,5,6). The van der Waals surface area contributed by atoms with Crippen LogP contribution in [0.15, 0.2) is 4.42 Å². The van der Waals surface area contributed by atoms with Crippen molar-refractivity contribution in [2.45, 2.75) is 31.6 Å². The molecule has 0 saturated carbocycles. The number of aliphatic carboxylic acids is 2. The van der Waals surface area contributed by atoms with Crippen LogP contribution in [0.2, 0.25) is 0 Å². The molecule has 2 N–H and O–H groups in total. The highest BCUT2D eigenvalue weighted by atomic mass is 16.4. The van der Waals surface area contributed by atoms with E-state index in [1.807, 2.05) is 6.92 Å². The number of hydrogen-bond donors (Lipinski definition) is 2. The second-order valence-corrected chi connectivity index (χ2v) is 5.15. The molecule has 3 rings (SSSR count). The first kappa shape index (κ1) is 14.4. The lowest BCUT2D eigenvalue weighted by atomic mass is 9.81. The first-order valence-electron chi connectivity index (χ1n) is 6.42. The van der Waals surface area contributed by atoms with E-state index in [0.29, 0.717) is 5.89 Å². The van der Waals surface area contributed by atoms with Crippen molar-refractivity contribution in [3.63, 3.8) is 0 Å². The summed E-state index contributed by atoms with van der Waals surface area (Å²) in [6.07, 6.45) is 3.67. The molecule has 0 aliphatic carbocycles. The molecule has 2 unspecified atom stereocenters. The topological polar surface area (TPSA) is 117 Å². The van der Waals surface area contributed by atoms with Crippen LogP contribution in [0.4, 0.5) is 0 Å². The number of nitrogens with zero attached hydrogens (tertiary/aromatic N) is 3. The maximum Gasteiger partial charge on any atom is 0.414 e. The first-order valence-corrected chi connectivity index (χ1v) is 6.42. The van der Waals surface area contributed by atoms with E-state index in [2.05, 4.69) is 15.1 Å². The van der Waals surface area contributed by atoms with Crippen molar-refractivity contribution in [1.29, 1.82) is 0 Å². The zero-order valence-corrected chi connectivity index (χ0v) is 11.2. The fourth-order valence-electron chi connectivity index (χ4n) is 2.79. The third-order valence-electron chi connectivity index (χ3n) is 3.73. The number of rotatable bonds is 1. The van der Waals surface area contributed by atoms with Gasteiger partial charge in [0.15, 0.2) is 0 Å². The minimum atomic E-state index is -1.82. The van der Waals surface area contributed by atoms with Crippen LogP contribution < -0.4 is 0 Å². The fraction of sp³-hybridized carbons (Fsp3) is 0.667. The molecule has 2 bridgehead atoms. The molecule has 0 amide bonds. The van der Waals surface area contributed by atoms with Crippen molar-refractivity contribution in [2.75, 3.05) is 19.6 Å². The number of aryl methyl sites for hydroxylation is 1. The Bertz CT molecular complexity index is 499. The molecule has 2 aliphatic rings. The smallest absolute Gasteiger partial charge is 0.414 e. The van der Waals surface area contributed by atoms with E-state index >= 15 is 0 Å². The van der Waals surface area contributed by atoms with Gasteiger partial charge in [0.1, 0.15) is 0 Å². The lowest BCUT2D eigenvalue weighted by Crippen LogP contribution is -2.37. The molecular formula is C12H17N3O5. The van der Waals surface area contributed by atoms with Gasteiger partial charge in [0.05, 0.1) is 5.41 Å². The summed E-state index contributed by atoms with van der Waals surface area (Å²) in [6.45, 7) is 5.42. The predicted molar refractivity (Wildman–Crippen MR) is 66.3 cm³/mol. The van der Waals surface area contributed by atoms with Gasteiger partial charge in [-0.15, -0.1) is 10.2 Å². The molecule has 8 nitrogen and oxygen atoms in total. The Hall–Kier alpha value is -1.96. The van der Waals surface area contributed by atoms with E-state index in [-0.39, 0.29) is 5.41 Å². The third kappa shape index (κ3) is 2.96. The quantitative estimate of drug-likeness (QED) is 0.705. The largest absolute Gasteiger partial charge is 0.473 e. The van der Waals surface area contributed by atoms with Gasteiger partial charge in [-0.05, 0) is 32.4 Å². The Balaban J connectivity index is 0.000000212. The van der Waals surface area contributed by atoms with Gasteiger partial charge in [0.25, 0.3) is 0 Å². The van der Waals surface area contributed by atoms with E-state index in [9.17, 15) is 0 Å². The first-order chi connectivity index (χ1) is 9.43. The molecule has 1 aromatic rings. The minimum absolute atomic E-state index is 0.194. The van der Waals surface area contributed by atoms with Gasteiger partial charge in [-0.1, -0.05) is 0 Å². The van der Waals surface area contributed by atoms with Crippen LogP contribution in [0.1, 0.15) is 31.0 Å². The van der Waals surface area contributed by atoms with E-state index < -0.39 is 11.9 Å². The summed E-state index contributed by atoms with van der Waals surface area (Å²) in [5.41, 5.74) is 0.194. The van der Waals surface area contributed by atoms with Crippen molar-refractivity contribution < 1.29 is 24.2 Å². The van der Waals surface area contributed by atoms with Gasteiger partial charge in [0, 0.05) is 13.5 Å². The Morgan fingerprint density at radius 2 is 1.90 bits per heavy atom. The fourth-order valence-corrected chi connectivity index (χ4v) is 2.79. The maximum absolute atomic E-state index is 9.10. The number of carboxylic acid groups (broad SMARTS) is 2. The van der Waals surface area contributed by atoms with Crippen molar-refractivity contribution in [1.82, 2.24) is 15.1 Å². The van der Waals surface area contributed by atoms with Crippen LogP contribution >= 0.6 is 0 Å². The Kier molecular flexibility index (Phi) is 4.03. The Morgan fingerprint density at radius 3 is 2.45 bits per heavy atom. The normalized spacial score (nSPS) is 27.6. The van der Waals surface area contributed by atoms with Crippen LogP contribution in [-0.4, -0.2) is 56.9 Å². The zero-order chi connectivity index (χ0) is 14.8. The van der Waals surface area contributed by atoms with Gasteiger partial charge < -0.3 is 19.5 Å². The van der Waals surface area contributed by atoms with Gasteiger partial charge >= 0.3 is 11.9 Å². The predicted octanol–water partition coefficient (Wildman–Crippen LogP) is 0.271. The van der Waals surface area contributed by atoms with Crippen molar-refractivity contribution in [3.8, 4) is 0 Å². The number of fused-ring (bicyclic) bond motifs is 2. The molecular weight excluding hydrogens is 266 g/mol. The lowest BCUT2D eigenvalue weighted by Gasteiger charge is -2.30. The highest BCUT2D eigenvalue weighted by Gasteiger charge is 2.45. The van der Waals surface area contributed by atoms with Gasteiger partial charge in [-0.25, -0.2) is 9.59 Å². The molecule has 2 aliphatic heterocycles. The zero-order valence-electron chi connectivity index (χ0n) is 11.2. The lowest BCUT2D eigenvalue weighted by molar-refractivity contribution is -0.159. The van der Waals surface area contributed by atoms with Gasteiger partial charge in [-0.3, -0.25) is 0 Å². The monoisotopic (exact) mass is 283 g/mol. The summed E-state index contributed by atoms with van der Waals surface area (Å²) < 4.78 is 5.60. The second-order valence-electron chi connectivity index (χ2n) is 5.15. The molecule has 2 atom stereocenters. The number of carbonyl (C=O) groups is 2. The highest BCUT2D eigenvalue weighted by molar-refractivity contribution is 6.27. The molecule has 1 aromatic heterocycles. The molecule has 8 heteroatoms. The van der Waals surface area contributed by atoms with Gasteiger partial charge in [0.2, 0.25) is 11.8 Å². The molecule has 20 heavy (non-hydrogen) atoms. The van der Waals surface area contributed by atoms with Crippen LogP contribution in [0.3, 0.4) is 0 Å². The number of carboxylic acids is 2. The molecule has 2 saturated heterocycles. The van der Waals surface area contributed by atoms with Crippen molar-refractivity contribution in [2.24, 2.45) is 0 Å². The summed E-state index contributed by atoms with van der Waals surface area (Å²) in [6, 6.07) is 0. The summed E-state index contributed by atoms with van der Waals surface area (Å²) in [7, 11) is 0. The molecule has 0 aromatic carbocycles. The van der Waals surface area contributed by atoms with E-state index in [1.54, 1.807) is 0 Å². The van der Waals surface area contributed by atoms with Crippen molar-refractivity contribution in [3.05, 3.63) is 11.8 Å². The summed E-state index contributed by atoms with van der Waals surface area (Å²) >= 11 is 0. The van der Waals surface area contributed by atoms with E-state index in [4.69, 9.17) is 24.2 Å². The van der Waals surface area contributed by atoms with Crippen LogP contribution in [0.5, 0.6) is 0 Å². The SMILES string of the molecule is Cc1nnc(C23CCCN(CC2)C3)o1.O=C(O)C(=O)O. The Labute approximate surface area is 115 Å². The summed E-state index contributed by atoms with van der Waals surface area (Å²) in [5.74, 6) is -2.08. The highest BCUT2D eigenvalue weighted by Crippen LogP contribution is 2.41. The van der Waals surface area contributed by atoms with Crippen LogP contribution in [0.25, 0.3) is 0 Å². The molecule has 0 spiro atoms. The van der Waals surface area contributed by atoms with Crippen LogP contribution in [-0.2, 0) is 15.0 Å². The van der Waals surface area contributed by atoms with E-state index in [0.717, 1.165) is 12.4 Å². The average molecular weight is 283 g/mol. The van der Waals surface area contributed by atoms with E-state index in [1.165, 1.54) is 32.4 Å². The Morgan fingerprint density at radius 1 is 1.20 bits per heavy atom. The number of piperidine rings is 1.